The van der Waals surface area contributed by atoms with Gasteiger partial charge in [-0.25, -0.2) is 8.42 Å². The number of halogens is 12. The fourth-order valence-electron chi connectivity index (χ4n) is 17.8. The maximum absolute atomic E-state index is 13.4. The minimum absolute atomic E-state index is 0.0365. The van der Waals surface area contributed by atoms with Crippen LogP contribution in [0.1, 0.15) is 234 Å². The summed E-state index contributed by atoms with van der Waals surface area (Å²) < 4.78 is 185. The van der Waals surface area contributed by atoms with Crippen molar-refractivity contribution in [2.24, 2.45) is 0 Å². The zero-order valence-corrected chi connectivity index (χ0v) is 68.2. The van der Waals surface area contributed by atoms with Crippen LogP contribution in [0, 0.1) is 0 Å². The van der Waals surface area contributed by atoms with Gasteiger partial charge in [-0.15, -0.1) is 0 Å². The van der Waals surface area contributed by atoms with E-state index in [-0.39, 0.29) is 76.9 Å². The molecule has 0 aliphatic carbocycles. The van der Waals surface area contributed by atoms with Gasteiger partial charge < -0.3 is 29.4 Å². The van der Waals surface area contributed by atoms with Gasteiger partial charge >= 0.3 is 24.7 Å². The minimum atomic E-state index is -4.41. The molecule has 4 aromatic heterocycles. The molecular formula is C84H96F12N16O8S. The standard InChI is InChI=1S/C22H25F3N4O2.C21H23F3N4O2.C21H25F3N4O.C20H23F3N4O3S/c1-2-19(30)29-12-9-18-16(13-29)20(27-26-18)21(31)28-10-7-14(8-11-28)15-5-3-4-6-17(15)22(23,24)25;1-13(29)28-11-8-18-16(12-28)19(26-25-18)20(30)27-9-6-14(7-10-27)15-4-2-3-5-17(15)21(22,23)24;1-2-27-10-9-18-16(13-27)19(26-25-18)20(29)28-11-7-14(8-12-28)15-5-3-4-6-17(15)21(22,23)24;1-31(29,30)27-11-8-17-15(12-27)18(25-24-17)19(28)26-9-6-13(7-10-26)14-4-2-3-5-16(14)20(21,22)23/h3-6,14H,2,7-13H2,1H3,(H,26,27);2-5,14H,6-12H2,1H3,(H,25,26);3-6,14H,2,7-13H2,1H3,(H,25,26);2-5,13H,6-12H2,1H3,(H,24,25). The summed E-state index contributed by atoms with van der Waals surface area (Å²) in [6.45, 7) is 13.2. The SMILES string of the molecule is CC(=O)N1CCc2[nH]nc(C(=O)N3CCC(c4ccccc4C(F)(F)F)CC3)c2C1.CCC(=O)N1CCc2[nH]nc(C(=O)N3CCC(c4ccccc4C(F)(F)F)CC3)c2C1.CCN1CCc2[nH]nc(C(=O)N3CCC(c4ccccc4C(F)(F)F)CC3)c2C1.CS(=O)(=O)N1CCc2[nH]nc(C(=O)N3CCC(c4ccccc4C(F)(F)F)CC3)c2C1. The number of alkyl halides is 12. The molecule has 16 rings (SSSR count). The van der Waals surface area contributed by atoms with Gasteiger partial charge in [0.15, 0.2) is 22.8 Å². The van der Waals surface area contributed by atoms with Crippen LogP contribution in [0.4, 0.5) is 52.7 Å². The van der Waals surface area contributed by atoms with Gasteiger partial charge in [-0.1, -0.05) is 86.6 Å². The summed E-state index contributed by atoms with van der Waals surface area (Å²) in [7, 11) is -3.39. The average molecular weight is 1720 g/mol. The van der Waals surface area contributed by atoms with Crippen LogP contribution in [-0.2, 0) is 96.2 Å². The Morgan fingerprint density at radius 3 is 0.909 bits per heavy atom. The van der Waals surface area contributed by atoms with E-state index in [2.05, 4.69) is 52.6 Å². The van der Waals surface area contributed by atoms with Gasteiger partial charge in [0.2, 0.25) is 21.8 Å². The number of H-pyrrole nitrogens is 4. The summed E-state index contributed by atoms with van der Waals surface area (Å²) in [5, 5.41) is 28.5. The van der Waals surface area contributed by atoms with Gasteiger partial charge in [0.1, 0.15) is 0 Å². The van der Waals surface area contributed by atoms with Crippen LogP contribution in [0.15, 0.2) is 97.1 Å². The number of nitrogens with zero attached hydrogens (tertiary/aromatic N) is 12. The highest BCUT2D eigenvalue weighted by Crippen LogP contribution is 2.45. The van der Waals surface area contributed by atoms with E-state index in [1.54, 1.807) is 66.7 Å². The van der Waals surface area contributed by atoms with Crippen LogP contribution in [0.25, 0.3) is 0 Å². The monoisotopic (exact) mass is 1720 g/mol. The Hall–Kier alpha value is -10.4. The first kappa shape index (κ1) is 88.4. The summed E-state index contributed by atoms with van der Waals surface area (Å²) in [5.41, 5.74) is 6.65. The second-order valence-corrected chi connectivity index (χ2v) is 33.8. The lowest BCUT2D eigenvalue weighted by Gasteiger charge is -2.33. The molecule has 6 amide bonds. The number of benzene rings is 4. The zero-order valence-electron chi connectivity index (χ0n) is 67.3. The predicted molar refractivity (Wildman–Crippen MR) is 419 cm³/mol. The molecule has 4 fully saturated rings. The summed E-state index contributed by atoms with van der Waals surface area (Å²) in [5.74, 6) is -1.89. The van der Waals surface area contributed by atoms with Crippen molar-refractivity contribution in [3.8, 4) is 0 Å². The molecule has 0 saturated carbocycles. The van der Waals surface area contributed by atoms with Crippen LogP contribution < -0.4 is 0 Å². The number of nitrogens with one attached hydrogen (secondary N) is 4. The highest BCUT2D eigenvalue weighted by molar-refractivity contribution is 7.88. The molecule has 24 nitrogen and oxygen atoms in total. The number of carbonyl (C=O) groups excluding carboxylic acids is 6. The number of piperidine rings is 4. The summed E-state index contributed by atoms with van der Waals surface area (Å²) in [6.07, 6.45) is -9.76. The Balaban J connectivity index is 0.000000139. The number of likely N-dealkylation sites (tertiary alicyclic amines) is 4. The topological polar surface area (TPSA) is 277 Å². The number of fused-ring (bicyclic) bond motifs is 4. The lowest BCUT2D eigenvalue weighted by atomic mass is 9.86. The Labute approximate surface area is 691 Å². The zero-order chi connectivity index (χ0) is 86.6. The third-order valence-corrected chi connectivity index (χ3v) is 25.8. The fourth-order valence-corrected chi connectivity index (χ4v) is 18.6. The van der Waals surface area contributed by atoms with E-state index < -0.39 is 57.0 Å². The molecule has 8 aliphatic rings. The molecular weight excluding hydrogens is 1620 g/mol. The first-order chi connectivity index (χ1) is 57.5. The van der Waals surface area contributed by atoms with E-state index in [1.807, 2.05) is 0 Å². The predicted octanol–water partition coefficient (Wildman–Crippen LogP) is 13.7. The largest absolute Gasteiger partial charge is 0.416 e. The molecule has 8 aromatic rings. The number of amides is 6. The number of likely N-dealkylation sites (N-methyl/N-ethyl adjacent to an activating group) is 1. The van der Waals surface area contributed by atoms with E-state index >= 15 is 0 Å². The van der Waals surface area contributed by atoms with Crippen molar-refractivity contribution in [2.75, 3.05) is 91.3 Å². The molecule has 4 aromatic carbocycles. The maximum Gasteiger partial charge on any atom is 0.416 e. The highest BCUT2D eigenvalue weighted by Gasteiger charge is 2.44. The number of hydrogen-bond donors (Lipinski definition) is 4. The minimum Gasteiger partial charge on any atom is -0.338 e. The van der Waals surface area contributed by atoms with Crippen LogP contribution in [0.3, 0.4) is 0 Å². The molecule has 121 heavy (non-hydrogen) atoms. The average Bonchev–Trinajstić information content (AvgIpc) is 1.38. The van der Waals surface area contributed by atoms with Crippen molar-refractivity contribution in [3.05, 3.63) is 209 Å². The summed E-state index contributed by atoms with van der Waals surface area (Å²) in [6, 6.07) is 22.7. The van der Waals surface area contributed by atoms with Crippen LogP contribution >= 0.6 is 0 Å². The van der Waals surface area contributed by atoms with Gasteiger partial charge in [-0.3, -0.25) is 54.1 Å². The molecule has 8 aliphatic heterocycles. The number of aromatic nitrogens is 8. The maximum atomic E-state index is 13.4. The normalized spacial score (nSPS) is 18.2. The molecule has 0 radical (unpaired) electrons. The Bertz CT molecular complexity index is 5180. The Morgan fingerprint density at radius 2 is 0.628 bits per heavy atom. The number of carbonyl (C=O) groups is 6. The van der Waals surface area contributed by atoms with Crippen LogP contribution in [0.5, 0.6) is 0 Å². The molecule has 0 atom stereocenters. The van der Waals surface area contributed by atoms with Crippen molar-refractivity contribution < 1.29 is 89.9 Å². The van der Waals surface area contributed by atoms with Crippen molar-refractivity contribution in [1.82, 2.24) is 79.4 Å². The second-order valence-electron chi connectivity index (χ2n) is 31.8. The lowest BCUT2D eigenvalue weighted by Crippen LogP contribution is -2.40. The third kappa shape index (κ3) is 20.0. The van der Waals surface area contributed by atoms with Crippen molar-refractivity contribution in [1.29, 1.82) is 0 Å². The number of rotatable bonds is 11. The van der Waals surface area contributed by atoms with E-state index in [0.29, 0.717) is 208 Å². The summed E-state index contributed by atoms with van der Waals surface area (Å²) >= 11 is 0. The first-order valence-electron chi connectivity index (χ1n) is 40.7. The van der Waals surface area contributed by atoms with E-state index in [9.17, 15) is 89.9 Å². The smallest absolute Gasteiger partial charge is 0.338 e. The molecule has 37 heteroatoms. The number of sulfonamides is 1. The van der Waals surface area contributed by atoms with Crippen LogP contribution in [-0.4, -0.2) is 215 Å². The molecule has 650 valence electrons. The Morgan fingerprint density at radius 1 is 0.364 bits per heavy atom. The second kappa shape index (κ2) is 36.7. The Kier molecular flexibility index (Phi) is 26.8. The van der Waals surface area contributed by atoms with Gasteiger partial charge in [-0.05, 0) is 128 Å². The molecule has 0 unspecified atom stereocenters. The van der Waals surface area contributed by atoms with Crippen molar-refractivity contribution in [2.45, 2.75) is 179 Å². The number of aromatic amines is 4. The van der Waals surface area contributed by atoms with Gasteiger partial charge in [0.05, 0.1) is 28.5 Å². The molecule has 0 spiro atoms. The van der Waals surface area contributed by atoms with Crippen LogP contribution in [0.2, 0.25) is 0 Å². The highest BCUT2D eigenvalue weighted by atomic mass is 32.2. The third-order valence-electron chi connectivity index (χ3n) is 24.6. The van der Waals surface area contributed by atoms with Gasteiger partial charge in [-0.2, -0.15) is 77.4 Å². The van der Waals surface area contributed by atoms with Crippen molar-refractivity contribution in [3.63, 3.8) is 0 Å². The lowest BCUT2D eigenvalue weighted by molar-refractivity contribution is -0.139. The molecule has 4 saturated heterocycles. The molecule has 4 N–H and O–H groups in total. The van der Waals surface area contributed by atoms with E-state index in [4.69, 9.17) is 0 Å². The van der Waals surface area contributed by atoms with Gasteiger partial charge in [0, 0.05) is 189 Å². The molecule has 0 bridgehead atoms. The molecule has 12 heterocycles. The first-order valence-corrected chi connectivity index (χ1v) is 42.6. The van der Waals surface area contributed by atoms with Crippen molar-refractivity contribution >= 4 is 45.5 Å². The fraction of sp³-hybridized carbons (Fsp3) is 0.500. The van der Waals surface area contributed by atoms with E-state index in [0.717, 1.165) is 89.5 Å². The quantitative estimate of drug-likeness (QED) is 0.0878. The summed E-state index contributed by atoms with van der Waals surface area (Å²) in [4.78, 5) is 88.3. The number of hydrogen-bond acceptors (Lipinski definition) is 13. The van der Waals surface area contributed by atoms with Gasteiger partial charge in [0.25, 0.3) is 23.6 Å². The van der Waals surface area contributed by atoms with E-state index in [1.165, 1.54) is 53.7 Å².